The second kappa shape index (κ2) is 7.50. The molecule has 7 heteroatoms. The van der Waals surface area contributed by atoms with Crippen LogP contribution in [0.2, 0.25) is 0 Å². The van der Waals surface area contributed by atoms with Gasteiger partial charge in [0.2, 0.25) is 11.8 Å². The minimum absolute atomic E-state index is 0.273. The minimum Gasteiger partial charge on any atom is -0.438 e. The Morgan fingerprint density at radius 3 is 2.28 bits per heavy atom. The lowest BCUT2D eigenvalue weighted by atomic mass is 10.0. The molecule has 148 valence electrons. The van der Waals surface area contributed by atoms with E-state index < -0.39 is 23.8 Å². The molecule has 1 aliphatic rings. The second-order valence-corrected chi connectivity index (χ2v) is 7.51. The van der Waals surface area contributed by atoms with Crippen LogP contribution in [0.4, 0.5) is 0 Å². The fourth-order valence-corrected chi connectivity index (χ4v) is 3.50. The third kappa shape index (κ3) is 3.63. The molecule has 0 bridgehead atoms. The van der Waals surface area contributed by atoms with E-state index in [1.54, 1.807) is 24.3 Å². The van der Waals surface area contributed by atoms with Gasteiger partial charge in [0.05, 0.1) is 11.1 Å². The number of hydrogen-bond acceptors (Lipinski definition) is 5. The first kappa shape index (κ1) is 18.9. The van der Waals surface area contributed by atoms with E-state index in [-0.39, 0.29) is 12.5 Å². The number of para-hydroxylation sites is 2. The van der Waals surface area contributed by atoms with E-state index in [9.17, 15) is 14.4 Å². The topological polar surface area (TPSA) is 92.5 Å². The van der Waals surface area contributed by atoms with E-state index in [1.807, 2.05) is 38.1 Å². The van der Waals surface area contributed by atoms with Crippen molar-refractivity contribution in [3.8, 4) is 0 Å². The third-order valence-corrected chi connectivity index (χ3v) is 4.83. The summed E-state index contributed by atoms with van der Waals surface area (Å²) in [6.07, 6.45) is 0.612. The highest BCUT2D eigenvalue weighted by molar-refractivity contribution is 6.22. The minimum atomic E-state index is -0.456. The fraction of sp³-hybridized carbons (Fsp3) is 0.273. The summed E-state index contributed by atoms with van der Waals surface area (Å²) in [5.74, 6) is -0.663. The van der Waals surface area contributed by atoms with E-state index in [0.29, 0.717) is 34.5 Å². The van der Waals surface area contributed by atoms with Gasteiger partial charge >= 0.3 is 0 Å². The smallest absolute Gasteiger partial charge is 0.262 e. The Hall–Kier alpha value is -3.48. The molecule has 0 spiro atoms. The van der Waals surface area contributed by atoms with Crippen LogP contribution < -0.4 is 5.32 Å². The van der Waals surface area contributed by atoms with Crippen LogP contribution >= 0.6 is 0 Å². The van der Waals surface area contributed by atoms with Crippen molar-refractivity contribution >= 4 is 28.8 Å². The molecule has 0 fully saturated rings. The normalized spacial score (nSPS) is 14.5. The Morgan fingerprint density at radius 2 is 1.66 bits per heavy atom. The molecule has 1 N–H and O–H groups in total. The zero-order valence-electron chi connectivity index (χ0n) is 16.2. The molecule has 2 heterocycles. The van der Waals surface area contributed by atoms with Crippen molar-refractivity contribution in [3.05, 3.63) is 65.5 Å². The molecule has 0 radical (unpaired) electrons. The predicted octanol–water partition coefficient (Wildman–Crippen LogP) is 3.33. The summed E-state index contributed by atoms with van der Waals surface area (Å²) in [7, 11) is 0. The molecule has 2 aromatic carbocycles. The summed E-state index contributed by atoms with van der Waals surface area (Å²) in [5.41, 5.74) is 2.00. The Labute approximate surface area is 167 Å². The summed E-state index contributed by atoms with van der Waals surface area (Å²) >= 11 is 0. The molecule has 1 atom stereocenters. The van der Waals surface area contributed by atoms with Gasteiger partial charge in [0, 0.05) is 0 Å². The molecule has 7 nitrogen and oxygen atoms in total. The molecule has 29 heavy (non-hydrogen) atoms. The van der Waals surface area contributed by atoms with Gasteiger partial charge in [0.1, 0.15) is 18.1 Å². The number of aromatic nitrogens is 1. The number of amides is 3. The van der Waals surface area contributed by atoms with Crippen LogP contribution in [0.5, 0.6) is 0 Å². The monoisotopic (exact) mass is 391 g/mol. The number of nitrogens with zero attached hydrogens (tertiary/aromatic N) is 2. The number of fused-ring (bicyclic) bond motifs is 2. The lowest BCUT2D eigenvalue weighted by Gasteiger charge is -2.19. The maximum atomic E-state index is 12.7. The van der Waals surface area contributed by atoms with Crippen LogP contribution in [0.15, 0.2) is 52.9 Å². The summed E-state index contributed by atoms with van der Waals surface area (Å²) in [5, 5.41) is 2.88. The Balaban J connectivity index is 1.52. The number of imide groups is 1. The SMILES string of the molecule is CC(C)C[C@@H](NC(=O)CN1C(=O)c2ccccc2C1=O)c1nc2ccccc2o1. The number of carbonyl (C=O) groups excluding carboxylic acids is 3. The van der Waals surface area contributed by atoms with Gasteiger partial charge in [0.15, 0.2) is 5.58 Å². The molecule has 0 saturated heterocycles. The molecule has 0 aliphatic carbocycles. The first-order valence-corrected chi connectivity index (χ1v) is 9.54. The quantitative estimate of drug-likeness (QED) is 0.651. The van der Waals surface area contributed by atoms with Crippen LogP contribution in [0.25, 0.3) is 11.1 Å². The highest BCUT2D eigenvalue weighted by Crippen LogP contribution is 2.26. The molecule has 3 aromatic rings. The molecular weight excluding hydrogens is 370 g/mol. The van der Waals surface area contributed by atoms with Crippen LogP contribution in [0.3, 0.4) is 0 Å². The van der Waals surface area contributed by atoms with E-state index in [4.69, 9.17) is 4.42 Å². The van der Waals surface area contributed by atoms with E-state index >= 15 is 0 Å². The second-order valence-electron chi connectivity index (χ2n) is 7.51. The van der Waals surface area contributed by atoms with Crippen molar-refractivity contribution in [1.29, 1.82) is 0 Å². The maximum absolute atomic E-state index is 12.7. The molecule has 3 amide bonds. The van der Waals surface area contributed by atoms with Gasteiger partial charge in [-0.2, -0.15) is 0 Å². The number of hydrogen-bond donors (Lipinski definition) is 1. The maximum Gasteiger partial charge on any atom is 0.262 e. The van der Waals surface area contributed by atoms with Crippen LogP contribution in [0.1, 0.15) is 52.9 Å². The summed E-state index contributed by atoms with van der Waals surface area (Å²) < 4.78 is 5.82. The number of oxazole rings is 1. The summed E-state index contributed by atoms with van der Waals surface area (Å²) in [6.45, 7) is 3.72. The van der Waals surface area contributed by atoms with Crippen LogP contribution in [-0.4, -0.2) is 34.2 Å². The zero-order valence-corrected chi connectivity index (χ0v) is 16.2. The average Bonchev–Trinajstić information content (AvgIpc) is 3.23. The van der Waals surface area contributed by atoms with Crippen molar-refractivity contribution in [2.45, 2.75) is 26.3 Å². The fourth-order valence-electron chi connectivity index (χ4n) is 3.50. The lowest BCUT2D eigenvalue weighted by molar-refractivity contribution is -0.122. The molecule has 0 saturated carbocycles. The van der Waals surface area contributed by atoms with Gasteiger partial charge in [-0.1, -0.05) is 38.1 Å². The van der Waals surface area contributed by atoms with Crippen LogP contribution in [-0.2, 0) is 4.79 Å². The van der Waals surface area contributed by atoms with E-state index in [1.165, 1.54) is 0 Å². The van der Waals surface area contributed by atoms with E-state index in [0.717, 1.165) is 4.90 Å². The summed E-state index contributed by atoms with van der Waals surface area (Å²) in [4.78, 5) is 43.1. The van der Waals surface area contributed by atoms with Crippen LogP contribution in [0, 0.1) is 5.92 Å². The highest BCUT2D eigenvalue weighted by Gasteiger charge is 2.36. The number of benzene rings is 2. The lowest BCUT2D eigenvalue weighted by Crippen LogP contribution is -2.41. The van der Waals surface area contributed by atoms with Crippen molar-refractivity contribution in [1.82, 2.24) is 15.2 Å². The standard InChI is InChI=1S/C22H21N3O4/c1-13(2)11-17(20-24-16-9-5-6-10-18(16)29-20)23-19(26)12-25-21(27)14-7-3-4-8-15(14)22(25)28/h3-10,13,17H,11-12H2,1-2H3,(H,23,26)/t17-/m1/s1. The first-order chi connectivity index (χ1) is 13.9. The molecule has 1 aliphatic heterocycles. The largest absolute Gasteiger partial charge is 0.438 e. The molecule has 0 unspecified atom stereocenters. The number of rotatable bonds is 6. The van der Waals surface area contributed by atoms with Gasteiger partial charge in [0.25, 0.3) is 11.8 Å². The number of carbonyl (C=O) groups is 3. The van der Waals surface area contributed by atoms with Gasteiger partial charge < -0.3 is 9.73 Å². The Morgan fingerprint density at radius 1 is 1.03 bits per heavy atom. The zero-order chi connectivity index (χ0) is 20.5. The molecule has 1 aromatic heterocycles. The summed E-state index contributed by atoms with van der Waals surface area (Å²) in [6, 6.07) is 13.5. The number of nitrogens with one attached hydrogen (secondary N) is 1. The Kier molecular flexibility index (Phi) is 4.88. The van der Waals surface area contributed by atoms with Crippen molar-refractivity contribution in [2.24, 2.45) is 5.92 Å². The third-order valence-electron chi connectivity index (χ3n) is 4.83. The van der Waals surface area contributed by atoms with Crippen molar-refractivity contribution < 1.29 is 18.8 Å². The van der Waals surface area contributed by atoms with Crippen molar-refractivity contribution in [3.63, 3.8) is 0 Å². The van der Waals surface area contributed by atoms with Gasteiger partial charge in [-0.05, 0) is 36.6 Å². The Bertz CT molecular complexity index is 1030. The van der Waals surface area contributed by atoms with Gasteiger partial charge in [-0.25, -0.2) is 4.98 Å². The first-order valence-electron chi connectivity index (χ1n) is 9.54. The van der Waals surface area contributed by atoms with E-state index in [2.05, 4.69) is 10.3 Å². The van der Waals surface area contributed by atoms with Gasteiger partial charge in [-0.3, -0.25) is 19.3 Å². The molecular formula is C22H21N3O4. The average molecular weight is 391 g/mol. The predicted molar refractivity (Wildman–Crippen MR) is 106 cm³/mol. The van der Waals surface area contributed by atoms with Gasteiger partial charge in [-0.15, -0.1) is 0 Å². The molecule has 4 rings (SSSR count). The highest BCUT2D eigenvalue weighted by atomic mass is 16.3. The van der Waals surface area contributed by atoms with Crippen molar-refractivity contribution in [2.75, 3.05) is 6.54 Å².